The number of nitrogens with zero attached hydrogens (tertiary/aromatic N) is 2. The molecule has 3 rings (SSSR count). The van der Waals surface area contributed by atoms with Crippen LogP contribution in [0.25, 0.3) is 0 Å². The smallest absolute Gasteiger partial charge is 0.271 e. The van der Waals surface area contributed by atoms with Gasteiger partial charge in [0, 0.05) is 17.3 Å². The lowest BCUT2D eigenvalue weighted by molar-refractivity contribution is 0.0168. The van der Waals surface area contributed by atoms with Crippen LogP contribution >= 0.6 is 11.3 Å². The van der Waals surface area contributed by atoms with Gasteiger partial charge in [-0.1, -0.05) is 6.07 Å². The SMILES string of the molecule is O=C(NCC(O)(c1cccs1)C1CC1)c1cnccn1. The van der Waals surface area contributed by atoms with Gasteiger partial charge in [-0.15, -0.1) is 11.3 Å². The number of nitrogens with one attached hydrogen (secondary N) is 1. The number of hydrogen-bond acceptors (Lipinski definition) is 5. The maximum absolute atomic E-state index is 12.0. The van der Waals surface area contributed by atoms with Crippen molar-refractivity contribution in [1.29, 1.82) is 0 Å². The van der Waals surface area contributed by atoms with Gasteiger partial charge in [0.1, 0.15) is 11.3 Å². The molecule has 2 heterocycles. The van der Waals surface area contributed by atoms with Crippen molar-refractivity contribution in [3.05, 3.63) is 46.7 Å². The maximum Gasteiger partial charge on any atom is 0.271 e. The molecule has 1 saturated carbocycles. The molecule has 1 fully saturated rings. The zero-order valence-electron chi connectivity index (χ0n) is 10.8. The van der Waals surface area contributed by atoms with E-state index in [1.54, 1.807) is 0 Å². The number of carbonyl (C=O) groups is 1. The number of rotatable bonds is 5. The molecular formula is C14H15N3O2S. The highest BCUT2D eigenvalue weighted by atomic mass is 32.1. The summed E-state index contributed by atoms with van der Waals surface area (Å²) in [4.78, 5) is 20.7. The molecule has 0 radical (unpaired) electrons. The van der Waals surface area contributed by atoms with Gasteiger partial charge in [0.2, 0.25) is 0 Å². The highest BCUT2D eigenvalue weighted by Crippen LogP contribution is 2.46. The van der Waals surface area contributed by atoms with Crippen LogP contribution in [0.2, 0.25) is 0 Å². The minimum atomic E-state index is -0.966. The van der Waals surface area contributed by atoms with Gasteiger partial charge in [-0.25, -0.2) is 4.98 Å². The van der Waals surface area contributed by atoms with Crippen molar-refractivity contribution in [1.82, 2.24) is 15.3 Å². The van der Waals surface area contributed by atoms with E-state index in [1.807, 2.05) is 17.5 Å². The van der Waals surface area contributed by atoms with Gasteiger partial charge in [0.25, 0.3) is 5.91 Å². The molecule has 1 unspecified atom stereocenters. The second kappa shape index (κ2) is 5.30. The summed E-state index contributed by atoms with van der Waals surface area (Å²) in [5.74, 6) is -0.0861. The minimum Gasteiger partial charge on any atom is -0.382 e. The average Bonchev–Trinajstić information content (AvgIpc) is 3.20. The van der Waals surface area contributed by atoms with Crippen LogP contribution in [0.5, 0.6) is 0 Å². The van der Waals surface area contributed by atoms with Crippen LogP contribution in [-0.2, 0) is 5.60 Å². The summed E-state index contributed by atoms with van der Waals surface area (Å²) < 4.78 is 0. The van der Waals surface area contributed by atoms with E-state index in [2.05, 4.69) is 15.3 Å². The Hall–Kier alpha value is -1.79. The first kappa shape index (κ1) is 13.2. The average molecular weight is 289 g/mol. The molecule has 20 heavy (non-hydrogen) atoms. The Morgan fingerprint density at radius 3 is 2.95 bits per heavy atom. The van der Waals surface area contributed by atoms with Gasteiger partial charge >= 0.3 is 0 Å². The Morgan fingerprint density at radius 1 is 1.50 bits per heavy atom. The second-order valence-electron chi connectivity index (χ2n) is 4.95. The van der Waals surface area contributed by atoms with E-state index < -0.39 is 5.60 Å². The number of aromatic nitrogens is 2. The van der Waals surface area contributed by atoms with E-state index in [1.165, 1.54) is 29.9 Å². The maximum atomic E-state index is 12.0. The highest BCUT2D eigenvalue weighted by molar-refractivity contribution is 7.10. The topological polar surface area (TPSA) is 75.1 Å². The van der Waals surface area contributed by atoms with Gasteiger partial charge in [-0.05, 0) is 30.2 Å². The molecular weight excluding hydrogens is 274 g/mol. The molecule has 1 amide bonds. The first-order chi connectivity index (χ1) is 9.70. The Bertz CT molecular complexity index is 584. The zero-order valence-corrected chi connectivity index (χ0v) is 11.6. The van der Waals surface area contributed by atoms with Crippen molar-refractivity contribution in [2.24, 2.45) is 5.92 Å². The molecule has 1 aliphatic carbocycles. The van der Waals surface area contributed by atoms with Gasteiger partial charge in [-0.2, -0.15) is 0 Å². The predicted molar refractivity (Wildman–Crippen MR) is 75.3 cm³/mol. The number of hydrogen-bond donors (Lipinski definition) is 2. The summed E-state index contributed by atoms with van der Waals surface area (Å²) in [5, 5.41) is 15.6. The quantitative estimate of drug-likeness (QED) is 0.876. The molecule has 0 aromatic carbocycles. The summed E-state index contributed by atoms with van der Waals surface area (Å²) in [6.07, 6.45) is 6.39. The lowest BCUT2D eigenvalue weighted by Crippen LogP contribution is -2.42. The molecule has 2 aromatic rings. The summed E-state index contributed by atoms with van der Waals surface area (Å²) >= 11 is 1.52. The Labute approximate surface area is 120 Å². The van der Waals surface area contributed by atoms with Crippen molar-refractivity contribution in [2.45, 2.75) is 18.4 Å². The largest absolute Gasteiger partial charge is 0.382 e. The fourth-order valence-corrected chi connectivity index (χ4v) is 3.14. The van der Waals surface area contributed by atoms with Crippen molar-refractivity contribution in [2.75, 3.05) is 6.54 Å². The van der Waals surface area contributed by atoms with E-state index in [0.717, 1.165) is 17.7 Å². The lowest BCUT2D eigenvalue weighted by Gasteiger charge is -2.27. The van der Waals surface area contributed by atoms with Crippen LogP contribution in [-0.4, -0.2) is 27.5 Å². The first-order valence-electron chi connectivity index (χ1n) is 6.51. The molecule has 2 N–H and O–H groups in total. The van der Waals surface area contributed by atoms with Crippen LogP contribution in [0.4, 0.5) is 0 Å². The lowest BCUT2D eigenvalue weighted by atomic mass is 9.95. The van der Waals surface area contributed by atoms with Crippen molar-refractivity contribution < 1.29 is 9.90 Å². The third-order valence-corrected chi connectivity index (χ3v) is 4.55. The molecule has 0 aliphatic heterocycles. The normalized spacial score (nSPS) is 17.4. The van der Waals surface area contributed by atoms with E-state index >= 15 is 0 Å². The van der Waals surface area contributed by atoms with Crippen molar-refractivity contribution >= 4 is 17.2 Å². The molecule has 1 aliphatic rings. The van der Waals surface area contributed by atoms with Crippen molar-refractivity contribution in [3.63, 3.8) is 0 Å². The molecule has 0 bridgehead atoms. The molecule has 2 aromatic heterocycles. The third kappa shape index (κ3) is 2.57. The van der Waals surface area contributed by atoms with Crippen LogP contribution in [0, 0.1) is 5.92 Å². The molecule has 1 atom stereocenters. The van der Waals surface area contributed by atoms with E-state index in [4.69, 9.17) is 0 Å². The van der Waals surface area contributed by atoms with Crippen LogP contribution in [0.15, 0.2) is 36.1 Å². The standard InChI is InChI=1S/C14H15N3O2S/c18-13(11-8-15-5-6-16-11)17-9-14(19,10-3-4-10)12-2-1-7-20-12/h1-2,5-8,10,19H,3-4,9H2,(H,17,18). The fourth-order valence-electron chi connectivity index (χ4n) is 2.24. The Morgan fingerprint density at radius 2 is 2.35 bits per heavy atom. The van der Waals surface area contributed by atoms with E-state index in [9.17, 15) is 9.90 Å². The molecule has 6 heteroatoms. The number of aliphatic hydroxyl groups is 1. The predicted octanol–water partition coefficient (Wildman–Crippen LogP) is 1.57. The van der Waals surface area contributed by atoms with Gasteiger partial charge in [0.15, 0.2) is 0 Å². The van der Waals surface area contributed by atoms with Gasteiger partial charge < -0.3 is 10.4 Å². The van der Waals surface area contributed by atoms with Gasteiger partial charge in [0.05, 0.1) is 12.7 Å². The number of amides is 1. The van der Waals surface area contributed by atoms with Crippen molar-refractivity contribution in [3.8, 4) is 0 Å². The zero-order chi connectivity index (χ0) is 14.0. The molecule has 5 nitrogen and oxygen atoms in total. The second-order valence-corrected chi connectivity index (χ2v) is 5.90. The summed E-state index contributed by atoms with van der Waals surface area (Å²) in [6, 6.07) is 3.83. The van der Waals surface area contributed by atoms with Crippen LogP contribution in [0.3, 0.4) is 0 Å². The highest BCUT2D eigenvalue weighted by Gasteiger charge is 2.46. The molecule has 104 valence electrons. The van der Waals surface area contributed by atoms with E-state index in [0.29, 0.717) is 0 Å². The molecule has 0 saturated heterocycles. The fraction of sp³-hybridized carbons (Fsp3) is 0.357. The minimum absolute atomic E-state index is 0.202. The van der Waals surface area contributed by atoms with Crippen LogP contribution < -0.4 is 5.32 Å². The third-order valence-electron chi connectivity index (χ3n) is 3.51. The summed E-state index contributed by atoms with van der Waals surface area (Å²) in [7, 11) is 0. The number of carbonyl (C=O) groups excluding carboxylic acids is 1. The summed E-state index contributed by atoms with van der Waals surface area (Å²) in [6.45, 7) is 0.202. The number of thiophene rings is 1. The monoisotopic (exact) mass is 289 g/mol. The summed E-state index contributed by atoms with van der Waals surface area (Å²) in [5.41, 5.74) is -0.705. The van der Waals surface area contributed by atoms with E-state index in [-0.39, 0.29) is 24.1 Å². The van der Waals surface area contributed by atoms with Gasteiger partial charge in [-0.3, -0.25) is 9.78 Å². The Kier molecular flexibility index (Phi) is 3.50. The Balaban J connectivity index is 1.71. The molecule has 0 spiro atoms. The first-order valence-corrected chi connectivity index (χ1v) is 7.39. The van der Waals surface area contributed by atoms with Crippen LogP contribution in [0.1, 0.15) is 28.2 Å².